The molecule has 1 unspecified atom stereocenters. The maximum Gasteiger partial charge on any atom is 0.417 e. The van der Waals surface area contributed by atoms with Gasteiger partial charge in [0.1, 0.15) is 16.2 Å². The number of fused-ring (bicyclic) bond motifs is 1. The standard InChI is InChI=1S/C37H34F3N4O13PS2/c38-37(39,40)26-17-23(10-9-21(26)19-41)57-58(51,52)20-44-60(53,54)32-16-22-15-29(55-13-3-11-42-35(49)24-5-1-7-27(45)33(24)47)30(18-31(22)59-32)56-14-4-12-43-36(50)25-6-2-8-28(46)34(25)48/h1-2,5-10,15-18,44-48H,3-4,11-14,20H2,(H,42,49)(H,43,50)(H,51,52). The lowest BCUT2D eigenvalue weighted by Crippen LogP contribution is -2.25. The van der Waals surface area contributed by atoms with Crippen LogP contribution in [0, 0.1) is 11.3 Å². The average molecular weight is 895 g/mol. The highest BCUT2D eigenvalue weighted by atomic mass is 32.2. The van der Waals surface area contributed by atoms with E-state index in [1.54, 1.807) is 0 Å². The number of rotatable bonds is 18. The lowest BCUT2D eigenvalue weighted by molar-refractivity contribution is -0.137. The van der Waals surface area contributed by atoms with Crippen LogP contribution in [0.25, 0.3) is 10.1 Å². The molecule has 8 N–H and O–H groups in total. The van der Waals surface area contributed by atoms with E-state index in [0.717, 1.165) is 23.5 Å². The van der Waals surface area contributed by atoms with Crippen molar-refractivity contribution < 1.29 is 75.1 Å². The highest BCUT2D eigenvalue weighted by Crippen LogP contribution is 2.44. The predicted octanol–water partition coefficient (Wildman–Crippen LogP) is 5.51. The summed E-state index contributed by atoms with van der Waals surface area (Å²) >= 11 is 0.733. The van der Waals surface area contributed by atoms with Gasteiger partial charge in [-0.1, -0.05) is 12.1 Å². The van der Waals surface area contributed by atoms with E-state index in [4.69, 9.17) is 19.3 Å². The number of alkyl halides is 3. The lowest BCUT2D eigenvalue weighted by Gasteiger charge is -2.16. The number of para-hydroxylation sites is 2. The second-order valence-electron chi connectivity index (χ2n) is 12.5. The number of phenols is 4. The number of hydrogen-bond donors (Lipinski definition) is 8. The number of nitriles is 1. The summed E-state index contributed by atoms with van der Waals surface area (Å²) in [4.78, 5) is 35.3. The first kappa shape index (κ1) is 44.9. The number of thiophene rings is 1. The van der Waals surface area contributed by atoms with Crippen LogP contribution in [-0.2, 0) is 20.8 Å². The van der Waals surface area contributed by atoms with E-state index in [2.05, 4.69) is 10.6 Å². The van der Waals surface area contributed by atoms with E-state index in [9.17, 15) is 61.1 Å². The SMILES string of the molecule is N#Cc1ccc(OP(=O)(O)CNS(=O)(=O)c2cc3cc(OCCCNC(=O)c4cccc(O)c4O)c(OCCCNC(=O)c4cccc(O)c4O)cc3s2)cc1C(F)(F)F. The zero-order valence-electron chi connectivity index (χ0n) is 30.7. The Bertz CT molecular complexity index is 2510. The molecule has 1 aromatic heterocycles. The number of carbonyl (C=O) groups excluding carboxylic acids is 2. The first-order valence-electron chi connectivity index (χ1n) is 17.3. The van der Waals surface area contributed by atoms with Gasteiger partial charge < -0.3 is 50.0 Å². The summed E-state index contributed by atoms with van der Waals surface area (Å²) in [5.41, 5.74) is -2.48. The van der Waals surface area contributed by atoms with Crippen molar-refractivity contribution in [2.45, 2.75) is 23.2 Å². The number of nitrogens with one attached hydrogen (secondary N) is 3. The fourth-order valence-corrected chi connectivity index (χ4v) is 9.21. The largest absolute Gasteiger partial charge is 0.504 e. The maximum absolute atomic E-state index is 13.4. The van der Waals surface area contributed by atoms with Crippen LogP contribution in [0.1, 0.15) is 44.7 Å². The third kappa shape index (κ3) is 11.3. The fourth-order valence-electron chi connectivity index (χ4n) is 5.26. The van der Waals surface area contributed by atoms with Crippen LogP contribution in [0.4, 0.5) is 13.2 Å². The molecular formula is C37H34F3N4O13PS2. The second-order valence-corrected chi connectivity index (χ2v) is 17.4. The Kier molecular flexibility index (Phi) is 14.0. The van der Waals surface area contributed by atoms with E-state index < -0.39 is 81.8 Å². The van der Waals surface area contributed by atoms with E-state index in [1.165, 1.54) is 60.7 Å². The van der Waals surface area contributed by atoms with E-state index >= 15 is 0 Å². The number of benzene rings is 4. The zero-order chi connectivity index (χ0) is 43.8. The molecule has 2 amide bonds. The molecule has 17 nitrogen and oxygen atoms in total. The van der Waals surface area contributed by atoms with Crippen molar-refractivity contribution in [1.82, 2.24) is 15.4 Å². The van der Waals surface area contributed by atoms with Gasteiger partial charge in [-0.05, 0) is 72.8 Å². The van der Waals surface area contributed by atoms with Crippen LogP contribution >= 0.6 is 18.9 Å². The summed E-state index contributed by atoms with van der Waals surface area (Å²) in [6.07, 6.45) is -5.77. The highest BCUT2D eigenvalue weighted by molar-refractivity contribution is 7.92. The molecule has 318 valence electrons. The summed E-state index contributed by atoms with van der Waals surface area (Å²) < 4.78 is 98.0. The molecule has 0 fully saturated rings. The molecule has 5 rings (SSSR count). The van der Waals surface area contributed by atoms with Gasteiger partial charge in [-0.3, -0.25) is 9.59 Å². The highest BCUT2D eigenvalue weighted by Gasteiger charge is 2.35. The smallest absolute Gasteiger partial charge is 0.417 e. The van der Waals surface area contributed by atoms with Crippen molar-refractivity contribution in [2.24, 2.45) is 0 Å². The number of amides is 2. The number of halogens is 3. The summed E-state index contributed by atoms with van der Waals surface area (Å²) in [6, 6.07) is 15.3. The average Bonchev–Trinajstić information content (AvgIpc) is 3.62. The third-order valence-electron chi connectivity index (χ3n) is 8.19. The summed E-state index contributed by atoms with van der Waals surface area (Å²) in [5, 5.41) is 53.7. The molecule has 0 spiro atoms. The van der Waals surface area contributed by atoms with Crippen LogP contribution in [0.3, 0.4) is 0 Å². The van der Waals surface area contributed by atoms with Gasteiger partial charge in [0.2, 0.25) is 0 Å². The minimum Gasteiger partial charge on any atom is -0.504 e. The molecule has 0 aliphatic rings. The van der Waals surface area contributed by atoms with Gasteiger partial charge in [0, 0.05) is 23.9 Å². The Morgan fingerprint density at radius 3 is 1.90 bits per heavy atom. The molecule has 5 aromatic rings. The number of carbonyl (C=O) groups is 2. The number of hydrogen-bond acceptors (Lipinski definition) is 14. The zero-order valence-corrected chi connectivity index (χ0v) is 33.3. The Morgan fingerprint density at radius 2 is 1.37 bits per heavy atom. The molecular weight excluding hydrogens is 861 g/mol. The molecule has 0 bridgehead atoms. The maximum atomic E-state index is 13.4. The normalized spacial score (nSPS) is 12.6. The van der Waals surface area contributed by atoms with Gasteiger partial charge in [-0.15, -0.1) is 11.3 Å². The molecule has 0 radical (unpaired) electrons. The fraction of sp³-hybridized carbons (Fsp3) is 0.216. The Balaban J connectivity index is 1.27. The number of nitrogens with zero attached hydrogens (tertiary/aromatic N) is 1. The van der Waals surface area contributed by atoms with Crippen LogP contribution in [0.15, 0.2) is 77.0 Å². The van der Waals surface area contributed by atoms with Gasteiger partial charge >= 0.3 is 13.8 Å². The van der Waals surface area contributed by atoms with Crippen molar-refractivity contribution in [2.75, 3.05) is 32.6 Å². The molecule has 0 saturated carbocycles. The van der Waals surface area contributed by atoms with Gasteiger partial charge in [0.15, 0.2) is 34.5 Å². The minimum absolute atomic E-state index is 0.00872. The topological polar surface area (TPSA) is 274 Å². The number of aromatic hydroxyl groups is 4. The van der Waals surface area contributed by atoms with Crippen molar-refractivity contribution in [3.63, 3.8) is 0 Å². The first-order valence-corrected chi connectivity index (χ1v) is 21.4. The summed E-state index contributed by atoms with van der Waals surface area (Å²) in [7, 11) is -9.48. The molecule has 23 heteroatoms. The van der Waals surface area contributed by atoms with Crippen molar-refractivity contribution >= 4 is 50.9 Å². The molecule has 1 heterocycles. The van der Waals surface area contributed by atoms with Crippen molar-refractivity contribution in [3.05, 3.63) is 95.1 Å². The summed E-state index contributed by atoms with van der Waals surface area (Å²) in [5.74, 6) is -3.89. The van der Waals surface area contributed by atoms with Crippen LogP contribution in [-0.4, -0.2) is 78.1 Å². The van der Waals surface area contributed by atoms with E-state index in [-0.39, 0.29) is 66.0 Å². The molecule has 0 aliphatic carbocycles. The van der Waals surface area contributed by atoms with Crippen molar-refractivity contribution in [3.8, 4) is 46.3 Å². The van der Waals surface area contributed by atoms with Gasteiger partial charge in [0.05, 0.1) is 41.5 Å². The minimum atomic E-state index is -4.99. The van der Waals surface area contributed by atoms with E-state index in [1.807, 2.05) is 4.72 Å². The van der Waals surface area contributed by atoms with Gasteiger partial charge in [-0.25, -0.2) is 13.0 Å². The monoisotopic (exact) mass is 894 g/mol. The Morgan fingerprint density at radius 1 is 0.817 bits per heavy atom. The summed E-state index contributed by atoms with van der Waals surface area (Å²) in [6.45, 7) is 0.122. The predicted molar refractivity (Wildman–Crippen MR) is 208 cm³/mol. The van der Waals surface area contributed by atoms with Crippen LogP contribution in [0.2, 0.25) is 0 Å². The molecule has 1 atom stereocenters. The third-order valence-corrected chi connectivity index (χ3v) is 12.4. The Hall–Kier alpha value is -6.24. The number of phenolic OH excluding ortho intramolecular Hbond substituents is 4. The van der Waals surface area contributed by atoms with Gasteiger partial charge in [0.25, 0.3) is 21.8 Å². The molecule has 0 aliphatic heterocycles. The van der Waals surface area contributed by atoms with Crippen LogP contribution in [0.5, 0.6) is 40.2 Å². The quantitative estimate of drug-likeness (QED) is 0.0306. The molecule has 0 saturated heterocycles. The van der Waals surface area contributed by atoms with E-state index in [0.29, 0.717) is 16.2 Å². The van der Waals surface area contributed by atoms with Crippen molar-refractivity contribution in [1.29, 1.82) is 5.26 Å². The number of sulfonamides is 1. The Labute approximate surface area is 342 Å². The molecule has 60 heavy (non-hydrogen) atoms. The second kappa shape index (κ2) is 18.8. The first-order chi connectivity index (χ1) is 28.3. The number of ether oxygens (including phenoxy) is 2. The molecule has 4 aromatic carbocycles. The lowest BCUT2D eigenvalue weighted by atomic mass is 10.1. The van der Waals surface area contributed by atoms with Gasteiger partial charge in [-0.2, -0.15) is 23.2 Å². The van der Waals surface area contributed by atoms with Crippen LogP contribution < -0.4 is 29.4 Å².